The number of nitrogens with zero attached hydrogens (tertiary/aromatic N) is 2. The summed E-state index contributed by atoms with van der Waals surface area (Å²) < 4.78 is 28.0. The van der Waals surface area contributed by atoms with Crippen LogP contribution in [0.3, 0.4) is 0 Å². The van der Waals surface area contributed by atoms with Gasteiger partial charge < -0.3 is 9.80 Å². The molecule has 1 saturated heterocycles. The van der Waals surface area contributed by atoms with Gasteiger partial charge in [0.15, 0.2) is 0 Å². The molecule has 0 aliphatic carbocycles. The number of halogens is 2. The van der Waals surface area contributed by atoms with Crippen molar-refractivity contribution in [3.8, 4) is 0 Å². The zero-order valence-electron chi connectivity index (χ0n) is 17.5. The zero-order chi connectivity index (χ0) is 22.4. The molecule has 1 N–H and O–H groups in total. The number of amides is 1. The van der Waals surface area contributed by atoms with Crippen LogP contribution in [0.1, 0.15) is 36.5 Å². The molecule has 0 aromatic heterocycles. The average molecular weight is 484 g/mol. The normalized spacial score (nSPS) is 15.5. The molecule has 1 fully saturated rings. The lowest BCUT2D eigenvalue weighted by molar-refractivity contribution is 0.0761. The van der Waals surface area contributed by atoms with Crippen LogP contribution in [0.2, 0.25) is 10.0 Å². The smallest absolute Gasteiger partial charge is 0.263 e. The summed E-state index contributed by atoms with van der Waals surface area (Å²) in [5, 5.41) is 0.381. The average Bonchev–Trinajstić information content (AvgIpc) is 2.97. The lowest BCUT2D eigenvalue weighted by Crippen LogP contribution is -2.35. The molecule has 6 nitrogen and oxygen atoms in total. The molecule has 0 radical (unpaired) electrons. The van der Waals surface area contributed by atoms with Crippen molar-refractivity contribution in [2.45, 2.75) is 31.1 Å². The Bertz CT molecular complexity index is 1030. The number of carbonyl (C=O) groups is 1. The van der Waals surface area contributed by atoms with Crippen LogP contribution in [0, 0.1) is 0 Å². The monoisotopic (exact) mass is 483 g/mol. The third kappa shape index (κ3) is 6.35. The van der Waals surface area contributed by atoms with Crippen molar-refractivity contribution >= 4 is 44.8 Å². The molecule has 0 spiro atoms. The van der Waals surface area contributed by atoms with Crippen molar-refractivity contribution in [1.29, 1.82) is 0 Å². The number of hydrogen-bond acceptors (Lipinski definition) is 4. The van der Waals surface area contributed by atoms with E-state index in [4.69, 9.17) is 23.2 Å². The Morgan fingerprint density at radius 1 is 1.06 bits per heavy atom. The second-order valence-electron chi connectivity index (χ2n) is 7.60. The van der Waals surface area contributed by atoms with E-state index in [9.17, 15) is 13.2 Å². The fourth-order valence-electron chi connectivity index (χ4n) is 3.58. The highest BCUT2D eigenvalue weighted by molar-refractivity contribution is 7.92. The first-order valence-electron chi connectivity index (χ1n) is 10.4. The number of carbonyl (C=O) groups excluding carboxylic acids is 1. The maximum Gasteiger partial charge on any atom is 0.263 e. The van der Waals surface area contributed by atoms with E-state index in [-0.39, 0.29) is 15.8 Å². The minimum Gasteiger partial charge on any atom is -0.337 e. The number of rotatable bonds is 7. The van der Waals surface area contributed by atoms with E-state index in [0.717, 1.165) is 38.9 Å². The van der Waals surface area contributed by atoms with E-state index in [1.807, 2.05) is 4.90 Å². The first kappa shape index (κ1) is 23.9. The van der Waals surface area contributed by atoms with Gasteiger partial charge in [0, 0.05) is 35.9 Å². The molecular formula is C22H27Cl2N3O3S. The molecule has 1 amide bonds. The number of nitrogens with one attached hydrogen (secondary N) is 1. The quantitative estimate of drug-likeness (QED) is 0.616. The van der Waals surface area contributed by atoms with Crippen LogP contribution in [-0.2, 0) is 10.0 Å². The summed E-state index contributed by atoms with van der Waals surface area (Å²) in [7, 11) is -3.92. The van der Waals surface area contributed by atoms with Crippen LogP contribution in [-0.4, -0.2) is 56.8 Å². The van der Waals surface area contributed by atoms with Crippen LogP contribution in [0.15, 0.2) is 47.4 Å². The standard InChI is InChI=1S/C22H27Cl2N3O3S/c1-2-3-10-26-11-5-12-27(14-13-26)22(28)17-6-4-7-19(15-17)25-31(29,30)21-9-8-18(23)16-20(21)24/h4,6-9,15-16,25H,2-3,5,10-14H2,1H3. The predicted octanol–water partition coefficient (Wildman–Crippen LogP) is 4.74. The summed E-state index contributed by atoms with van der Waals surface area (Å²) >= 11 is 11.9. The zero-order valence-corrected chi connectivity index (χ0v) is 19.8. The summed E-state index contributed by atoms with van der Waals surface area (Å²) in [5.41, 5.74) is 0.751. The Balaban J connectivity index is 1.71. The van der Waals surface area contributed by atoms with Gasteiger partial charge in [-0.05, 0) is 62.3 Å². The molecule has 1 aliphatic heterocycles. The minimum absolute atomic E-state index is 0.0319. The van der Waals surface area contributed by atoms with E-state index in [2.05, 4.69) is 16.5 Å². The van der Waals surface area contributed by atoms with Gasteiger partial charge in [-0.3, -0.25) is 9.52 Å². The van der Waals surface area contributed by atoms with Crippen molar-refractivity contribution in [1.82, 2.24) is 9.80 Å². The topological polar surface area (TPSA) is 69.7 Å². The van der Waals surface area contributed by atoms with Crippen molar-refractivity contribution in [3.05, 3.63) is 58.1 Å². The number of unbranched alkanes of at least 4 members (excludes halogenated alkanes) is 1. The Kier molecular flexibility index (Phi) is 8.22. The van der Waals surface area contributed by atoms with Gasteiger partial charge in [-0.15, -0.1) is 0 Å². The predicted molar refractivity (Wildman–Crippen MR) is 126 cm³/mol. The second-order valence-corrected chi connectivity index (χ2v) is 10.1. The molecule has 1 heterocycles. The fourth-order valence-corrected chi connectivity index (χ4v) is 5.40. The van der Waals surface area contributed by atoms with Gasteiger partial charge in [0.25, 0.3) is 15.9 Å². The molecule has 0 saturated carbocycles. The number of benzene rings is 2. The highest BCUT2D eigenvalue weighted by Crippen LogP contribution is 2.27. The molecule has 0 bridgehead atoms. The Morgan fingerprint density at radius 2 is 1.87 bits per heavy atom. The van der Waals surface area contributed by atoms with Crippen LogP contribution in [0.25, 0.3) is 0 Å². The molecule has 3 rings (SSSR count). The Labute approximate surface area is 194 Å². The van der Waals surface area contributed by atoms with Gasteiger partial charge in [-0.1, -0.05) is 42.6 Å². The maximum atomic E-state index is 13.0. The maximum absolute atomic E-state index is 13.0. The van der Waals surface area contributed by atoms with Crippen LogP contribution >= 0.6 is 23.2 Å². The fraction of sp³-hybridized carbons (Fsp3) is 0.409. The highest BCUT2D eigenvalue weighted by Gasteiger charge is 2.22. The number of hydrogen-bond donors (Lipinski definition) is 1. The molecule has 168 valence electrons. The third-order valence-corrected chi connectivity index (χ3v) is 7.35. The Morgan fingerprint density at radius 3 is 2.61 bits per heavy atom. The van der Waals surface area contributed by atoms with Gasteiger partial charge in [-0.2, -0.15) is 0 Å². The molecule has 1 aliphatic rings. The SMILES string of the molecule is CCCCN1CCCN(C(=O)c2cccc(NS(=O)(=O)c3ccc(Cl)cc3Cl)c2)CC1. The lowest BCUT2D eigenvalue weighted by atomic mass is 10.1. The third-order valence-electron chi connectivity index (χ3n) is 5.25. The van der Waals surface area contributed by atoms with Crippen molar-refractivity contribution < 1.29 is 13.2 Å². The van der Waals surface area contributed by atoms with E-state index in [1.165, 1.54) is 18.2 Å². The largest absolute Gasteiger partial charge is 0.337 e. The summed E-state index contributed by atoms with van der Waals surface area (Å²) in [6.45, 7) is 6.44. The van der Waals surface area contributed by atoms with Crippen molar-refractivity contribution in [3.63, 3.8) is 0 Å². The molecule has 0 unspecified atom stereocenters. The number of sulfonamides is 1. The van der Waals surface area contributed by atoms with Crippen LogP contribution < -0.4 is 4.72 Å². The van der Waals surface area contributed by atoms with Gasteiger partial charge in [-0.25, -0.2) is 8.42 Å². The van der Waals surface area contributed by atoms with Gasteiger partial charge in [0.1, 0.15) is 4.90 Å². The van der Waals surface area contributed by atoms with Gasteiger partial charge >= 0.3 is 0 Å². The van der Waals surface area contributed by atoms with E-state index in [0.29, 0.717) is 29.4 Å². The summed E-state index contributed by atoms with van der Waals surface area (Å²) in [4.78, 5) is 17.2. The summed E-state index contributed by atoms with van der Waals surface area (Å²) in [6, 6.07) is 10.7. The first-order valence-corrected chi connectivity index (χ1v) is 12.6. The molecule has 2 aromatic rings. The van der Waals surface area contributed by atoms with Crippen LogP contribution in [0.4, 0.5) is 5.69 Å². The minimum atomic E-state index is -3.92. The van der Waals surface area contributed by atoms with Crippen molar-refractivity contribution in [2.75, 3.05) is 37.4 Å². The highest BCUT2D eigenvalue weighted by atomic mass is 35.5. The molecule has 2 aromatic carbocycles. The molecule has 0 atom stereocenters. The van der Waals surface area contributed by atoms with Crippen molar-refractivity contribution in [2.24, 2.45) is 0 Å². The summed E-state index contributed by atoms with van der Waals surface area (Å²) in [6.07, 6.45) is 3.24. The molecule has 9 heteroatoms. The van der Waals surface area contributed by atoms with E-state index >= 15 is 0 Å². The first-order chi connectivity index (χ1) is 14.8. The van der Waals surface area contributed by atoms with E-state index in [1.54, 1.807) is 24.3 Å². The lowest BCUT2D eigenvalue weighted by Gasteiger charge is -2.22. The van der Waals surface area contributed by atoms with Crippen LogP contribution in [0.5, 0.6) is 0 Å². The van der Waals surface area contributed by atoms with Gasteiger partial charge in [0.05, 0.1) is 5.02 Å². The van der Waals surface area contributed by atoms with E-state index < -0.39 is 10.0 Å². The molecular weight excluding hydrogens is 457 g/mol. The summed E-state index contributed by atoms with van der Waals surface area (Å²) in [5.74, 6) is -0.0945. The molecule has 31 heavy (non-hydrogen) atoms. The number of anilines is 1. The second kappa shape index (κ2) is 10.7. The van der Waals surface area contributed by atoms with Gasteiger partial charge in [0.2, 0.25) is 0 Å². The Hall–Kier alpha value is -1.80.